The molecule has 1 saturated carbocycles. The van der Waals surface area contributed by atoms with Crippen molar-refractivity contribution in [2.75, 3.05) is 11.9 Å². The molecule has 1 amide bonds. The van der Waals surface area contributed by atoms with Gasteiger partial charge in [0, 0.05) is 11.7 Å². The fourth-order valence-electron chi connectivity index (χ4n) is 2.37. The smallest absolute Gasteiger partial charge is 0.250 e. The van der Waals surface area contributed by atoms with Crippen LogP contribution in [0, 0.1) is 6.92 Å². The molecule has 0 aliphatic heterocycles. The Morgan fingerprint density at radius 3 is 2.70 bits per heavy atom. The number of rotatable bonds is 4. The lowest BCUT2D eigenvalue weighted by molar-refractivity contribution is -0.123. The molecule has 1 aliphatic carbocycles. The minimum absolute atomic E-state index is 0. The van der Waals surface area contributed by atoms with Crippen LogP contribution in [0.3, 0.4) is 0 Å². The monoisotopic (exact) mass is 298 g/mol. The van der Waals surface area contributed by atoms with Gasteiger partial charge in [0.1, 0.15) is 6.61 Å². The van der Waals surface area contributed by atoms with Gasteiger partial charge in [-0.15, -0.1) is 12.4 Å². The van der Waals surface area contributed by atoms with Gasteiger partial charge in [-0.3, -0.25) is 4.79 Å². The molecule has 0 saturated heterocycles. The summed E-state index contributed by atoms with van der Waals surface area (Å²) in [6.07, 6.45) is 4.08. The Morgan fingerprint density at radius 1 is 1.35 bits per heavy atom. The molecular weight excluding hydrogens is 276 g/mol. The summed E-state index contributed by atoms with van der Waals surface area (Å²) in [5.74, 6) is -0.0968. The third-order valence-corrected chi connectivity index (χ3v) is 3.47. The Labute approximate surface area is 126 Å². The number of hydrogen-bond donors (Lipinski definition) is 2. The highest BCUT2D eigenvalue weighted by Gasteiger charge is 2.19. The summed E-state index contributed by atoms with van der Waals surface area (Å²) >= 11 is 0. The molecule has 1 aliphatic rings. The van der Waals surface area contributed by atoms with Gasteiger partial charge in [-0.05, 0) is 50.3 Å². The Kier molecular flexibility index (Phi) is 6.99. The standard InChI is InChI=1S/C15H22N2O2.ClH/c1-11-3-2-4-13(9-11)17-15(18)10-19-14-7-5-12(16)6-8-14;/h2-4,9,12,14H,5-8,10,16H2,1H3,(H,17,18);1H. The number of carbonyl (C=O) groups is 1. The van der Waals surface area contributed by atoms with E-state index < -0.39 is 0 Å². The molecule has 0 aromatic heterocycles. The van der Waals surface area contributed by atoms with Crippen LogP contribution in [0.2, 0.25) is 0 Å². The molecule has 0 unspecified atom stereocenters. The minimum atomic E-state index is -0.0968. The number of halogens is 1. The van der Waals surface area contributed by atoms with E-state index in [1.165, 1.54) is 0 Å². The summed E-state index contributed by atoms with van der Waals surface area (Å²) in [6, 6.07) is 8.05. The fourth-order valence-corrected chi connectivity index (χ4v) is 2.37. The van der Waals surface area contributed by atoms with Crippen LogP contribution in [0.4, 0.5) is 5.69 Å². The first kappa shape index (κ1) is 17.0. The van der Waals surface area contributed by atoms with E-state index >= 15 is 0 Å². The Morgan fingerprint density at radius 2 is 2.05 bits per heavy atom. The Bertz CT molecular complexity index is 432. The molecule has 20 heavy (non-hydrogen) atoms. The second-order valence-electron chi connectivity index (χ2n) is 5.27. The molecule has 1 fully saturated rings. The Balaban J connectivity index is 0.00000200. The molecule has 0 spiro atoms. The van der Waals surface area contributed by atoms with E-state index in [0.717, 1.165) is 36.9 Å². The molecule has 0 radical (unpaired) electrons. The van der Waals surface area contributed by atoms with Gasteiger partial charge in [-0.25, -0.2) is 0 Å². The fraction of sp³-hybridized carbons (Fsp3) is 0.533. The van der Waals surface area contributed by atoms with Crippen LogP contribution in [-0.2, 0) is 9.53 Å². The number of anilines is 1. The van der Waals surface area contributed by atoms with Crippen molar-refractivity contribution in [2.24, 2.45) is 5.73 Å². The van der Waals surface area contributed by atoms with Crippen molar-refractivity contribution < 1.29 is 9.53 Å². The molecule has 0 bridgehead atoms. The summed E-state index contributed by atoms with van der Waals surface area (Å²) < 4.78 is 5.63. The van der Waals surface area contributed by atoms with E-state index in [1.54, 1.807) is 0 Å². The van der Waals surface area contributed by atoms with Gasteiger partial charge < -0.3 is 15.8 Å². The van der Waals surface area contributed by atoms with Gasteiger partial charge >= 0.3 is 0 Å². The molecular formula is C15H23ClN2O2. The lowest BCUT2D eigenvalue weighted by atomic mass is 9.94. The van der Waals surface area contributed by atoms with E-state index in [0.29, 0.717) is 6.04 Å². The van der Waals surface area contributed by atoms with Crippen LogP contribution in [0.25, 0.3) is 0 Å². The maximum Gasteiger partial charge on any atom is 0.250 e. The average Bonchev–Trinajstić information content (AvgIpc) is 2.38. The van der Waals surface area contributed by atoms with E-state index in [1.807, 2.05) is 31.2 Å². The number of amides is 1. The van der Waals surface area contributed by atoms with Gasteiger partial charge in [-0.2, -0.15) is 0 Å². The van der Waals surface area contributed by atoms with Crippen molar-refractivity contribution in [3.8, 4) is 0 Å². The van der Waals surface area contributed by atoms with Crippen LogP contribution >= 0.6 is 12.4 Å². The topological polar surface area (TPSA) is 64.3 Å². The molecule has 5 heteroatoms. The van der Waals surface area contributed by atoms with Gasteiger partial charge in [-0.1, -0.05) is 12.1 Å². The summed E-state index contributed by atoms with van der Waals surface area (Å²) in [6.45, 7) is 2.12. The maximum atomic E-state index is 11.8. The summed E-state index contributed by atoms with van der Waals surface area (Å²) in [5, 5.41) is 2.84. The zero-order valence-electron chi connectivity index (χ0n) is 11.8. The number of hydrogen-bond acceptors (Lipinski definition) is 3. The normalized spacial score (nSPS) is 21.9. The van der Waals surface area contributed by atoms with Crippen molar-refractivity contribution in [3.05, 3.63) is 29.8 Å². The zero-order chi connectivity index (χ0) is 13.7. The van der Waals surface area contributed by atoms with Crippen molar-refractivity contribution in [1.29, 1.82) is 0 Å². The van der Waals surface area contributed by atoms with Crippen LogP contribution < -0.4 is 11.1 Å². The molecule has 1 aromatic carbocycles. The van der Waals surface area contributed by atoms with Gasteiger partial charge in [0.2, 0.25) is 5.91 Å². The number of ether oxygens (including phenoxy) is 1. The molecule has 0 heterocycles. The number of nitrogens with two attached hydrogens (primary N) is 1. The molecule has 3 N–H and O–H groups in total. The zero-order valence-corrected chi connectivity index (χ0v) is 12.6. The number of nitrogens with one attached hydrogen (secondary N) is 1. The summed E-state index contributed by atoms with van der Waals surface area (Å²) in [7, 11) is 0. The lowest BCUT2D eigenvalue weighted by Gasteiger charge is -2.25. The van der Waals surface area contributed by atoms with Crippen LogP contribution in [0.15, 0.2) is 24.3 Å². The molecule has 0 atom stereocenters. The van der Waals surface area contributed by atoms with Crippen molar-refractivity contribution >= 4 is 24.0 Å². The molecule has 112 valence electrons. The second-order valence-corrected chi connectivity index (χ2v) is 5.27. The first-order chi connectivity index (χ1) is 9.13. The number of aryl methyl sites for hydroxylation is 1. The quantitative estimate of drug-likeness (QED) is 0.898. The number of benzene rings is 1. The first-order valence-corrected chi connectivity index (χ1v) is 6.87. The van der Waals surface area contributed by atoms with Crippen molar-refractivity contribution in [3.63, 3.8) is 0 Å². The van der Waals surface area contributed by atoms with Crippen LogP contribution in [0.5, 0.6) is 0 Å². The van der Waals surface area contributed by atoms with Crippen LogP contribution in [-0.4, -0.2) is 24.7 Å². The predicted molar refractivity (Wildman–Crippen MR) is 83.2 cm³/mol. The van der Waals surface area contributed by atoms with Crippen LogP contribution in [0.1, 0.15) is 31.2 Å². The predicted octanol–water partition coefficient (Wildman–Crippen LogP) is 2.64. The van der Waals surface area contributed by atoms with E-state index in [-0.39, 0.29) is 31.0 Å². The van der Waals surface area contributed by atoms with Crippen molar-refractivity contribution in [1.82, 2.24) is 0 Å². The van der Waals surface area contributed by atoms with Gasteiger partial charge in [0.05, 0.1) is 6.10 Å². The molecule has 4 nitrogen and oxygen atoms in total. The van der Waals surface area contributed by atoms with Gasteiger partial charge in [0.25, 0.3) is 0 Å². The molecule has 2 rings (SSSR count). The Hall–Kier alpha value is -1.10. The minimum Gasteiger partial charge on any atom is -0.368 e. The SMILES string of the molecule is Cc1cccc(NC(=O)COC2CCC(N)CC2)c1.Cl. The lowest BCUT2D eigenvalue weighted by Crippen LogP contribution is -2.32. The summed E-state index contributed by atoms with van der Waals surface area (Å²) in [5.41, 5.74) is 7.78. The largest absolute Gasteiger partial charge is 0.368 e. The van der Waals surface area contributed by atoms with Crippen molar-refractivity contribution in [2.45, 2.75) is 44.8 Å². The second kappa shape index (κ2) is 8.25. The highest BCUT2D eigenvalue weighted by Crippen LogP contribution is 2.19. The highest BCUT2D eigenvalue weighted by atomic mass is 35.5. The maximum absolute atomic E-state index is 11.8. The highest BCUT2D eigenvalue weighted by molar-refractivity contribution is 5.91. The van der Waals surface area contributed by atoms with Gasteiger partial charge in [0.15, 0.2) is 0 Å². The van der Waals surface area contributed by atoms with E-state index in [2.05, 4.69) is 5.32 Å². The average molecular weight is 299 g/mol. The third kappa shape index (κ3) is 5.49. The number of carbonyl (C=O) groups excluding carboxylic acids is 1. The van der Waals surface area contributed by atoms with E-state index in [4.69, 9.17) is 10.5 Å². The first-order valence-electron chi connectivity index (χ1n) is 6.87. The third-order valence-electron chi connectivity index (χ3n) is 3.47. The van der Waals surface area contributed by atoms with E-state index in [9.17, 15) is 4.79 Å². The molecule has 1 aromatic rings. The summed E-state index contributed by atoms with van der Waals surface area (Å²) in [4.78, 5) is 11.8.